The predicted octanol–water partition coefficient (Wildman–Crippen LogP) is 2.88. The molecule has 2 nitrogen and oxygen atoms in total. The van der Waals surface area contributed by atoms with Crippen LogP contribution in [0.3, 0.4) is 0 Å². The lowest BCUT2D eigenvalue weighted by atomic mass is 10.0. The topological polar surface area (TPSA) is 29.1 Å². The Balaban J connectivity index is 2.29. The van der Waals surface area contributed by atoms with Gasteiger partial charge in [-0.15, -0.1) is 0 Å². The molecule has 0 amide bonds. The molecule has 0 bridgehead atoms. The van der Waals surface area contributed by atoms with Crippen molar-refractivity contribution in [2.45, 2.75) is 31.6 Å². The van der Waals surface area contributed by atoms with Gasteiger partial charge in [-0.25, -0.2) is 0 Å². The van der Waals surface area contributed by atoms with Crippen molar-refractivity contribution in [2.75, 3.05) is 11.5 Å². The SMILES string of the molecule is CC1(C)CS(=O)CC(c2cccc(C(F)(F)F)c2)N1. The van der Waals surface area contributed by atoms with Gasteiger partial charge in [0.2, 0.25) is 0 Å². The molecule has 0 saturated carbocycles. The second kappa shape index (κ2) is 4.90. The molecule has 0 aliphatic carbocycles. The normalized spacial score (nSPS) is 27.2. The summed E-state index contributed by atoms with van der Waals surface area (Å²) in [5.41, 5.74) is -0.459. The van der Waals surface area contributed by atoms with E-state index in [1.807, 2.05) is 13.8 Å². The Morgan fingerprint density at radius 3 is 2.63 bits per heavy atom. The van der Waals surface area contributed by atoms with E-state index in [0.29, 0.717) is 17.1 Å². The molecule has 1 aliphatic rings. The van der Waals surface area contributed by atoms with Crippen molar-refractivity contribution in [1.29, 1.82) is 0 Å². The summed E-state index contributed by atoms with van der Waals surface area (Å²) in [7, 11) is -1.01. The number of hydrogen-bond acceptors (Lipinski definition) is 2. The lowest BCUT2D eigenvalue weighted by molar-refractivity contribution is -0.137. The minimum absolute atomic E-state index is 0.299. The number of benzene rings is 1. The van der Waals surface area contributed by atoms with E-state index in [1.165, 1.54) is 6.07 Å². The van der Waals surface area contributed by atoms with Gasteiger partial charge in [-0.2, -0.15) is 13.2 Å². The highest BCUT2D eigenvalue weighted by Gasteiger charge is 2.34. The Hall–Kier alpha value is -0.880. The molecule has 0 spiro atoms. The zero-order valence-electron chi connectivity index (χ0n) is 10.8. The van der Waals surface area contributed by atoms with Crippen LogP contribution in [0.15, 0.2) is 24.3 Å². The first-order valence-corrected chi connectivity index (χ1v) is 7.46. The predicted molar refractivity (Wildman–Crippen MR) is 69.3 cm³/mol. The Morgan fingerprint density at radius 1 is 1.37 bits per heavy atom. The average molecular weight is 291 g/mol. The Labute approximate surface area is 112 Å². The number of alkyl halides is 3. The van der Waals surface area contributed by atoms with Gasteiger partial charge in [-0.3, -0.25) is 4.21 Å². The van der Waals surface area contributed by atoms with Crippen molar-refractivity contribution in [2.24, 2.45) is 0 Å². The maximum absolute atomic E-state index is 12.7. The van der Waals surface area contributed by atoms with Gasteiger partial charge in [0.15, 0.2) is 0 Å². The average Bonchev–Trinajstić information content (AvgIpc) is 2.25. The van der Waals surface area contributed by atoms with Crippen LogP contribution in [0.25, 0.3) is 0 Å². The molecule has 1 saturated heterocycles. The highest BCUT2D eigenvalue weighted by molar-refractivity contribution is 7.85. The number of nitrogens with one attached hydrogen (secondary N) is 1. The maximum atomic E-state index is 12.7. The standard InChI is InChI=1S/C13H16F3NOS/c1-12(2)8-19(18)7-11(17-12)9-4-3-5-10(6-9)13(14,15)16/h3-6,11,17H,7-8H2,1-2H3. The van der Waals surface area contributed by atoms with Crippen LogP contribution in [0.4, 0.5) is 13.2 Å². The monoisotopic (exact) mass is 291 g/mol. The first-order chi connectivity index (χ1) is 8.67. The van der Waals surface area contributed by atoms with E-state index in [4.69, 9.17) is 0 Å². The Bertz CT molecular complexity index is 499. The second-order valence-electron chi connectivity index (χ2n) is 5.45. The quantitative estimate of drug-likeness (QED) is 0.862. The summed E-state index contributed by atoms with van der Waals surface area (Å²) in [6.07, 6.45) is -4.35. The molecule has 1 fully saturated rings. The van der Waals surface area contributed by atoms with Crippen LogP contribution < -0.4 is 5.32 Å². The van der Waals surface area contributed by atoms with Crippen LogP contribution in [0.5, 0.6) is 0 Å². The van der Waals surface area contributed by atoms with Crippen molar-refractivity contribution in [3.63, 3.8) is 0 Å². The van der Waals surface area contributed by atoms with Crippen molar-refractivity contribution < 1.29 is 17.4 Å². The van der Waals surface area contributed by atoms with E-state index in [0.717, 1.165) is 12.1 Å². The Morgan fingerprint density at radius 2 is 2.05 bits per heavy atom. The summed E-state index contributed by atoms with van der Waals surface area (Å²) >= 11 is 0. The molecule has 106 valence electrons. The molecule has 1 aromatic carbocycles. The van der Waals surface area contributed by atoms with E-state index in [-0.39, 0.29) is 11.6 Å². The van der Waals surface area contributed by atoms with E-state index in [2.05, 4.69) is 5.32 Å². The molecule has 6 heteroatoms. The third-order valence-electron chi connectivity index (χ3n) is 3.06. The van der Waals surface area contributed by atoms with Crippen LogP contribution in [-0.4, -0.2) is 21.3 Å². The minimum atomic E-state index is -4.35. The van der Waals surface area contributed by atoms with Gasteiger partial charge in [-0.1, -0.05) is 12.1 Å². The van der Waals surface area contributed by atoms with Crippen LogP contribution in [0.2, 0.25) is 0 Å². The van der Waals surface area contributed by atoms with E-state index >= 15 is 0 Å². The Kier molecular flexibility index (Phi) is 3.75. The minimum Gasteiger partial charge on any atom is -0.303 e. The lowest BCUT2D eigenvalue weighted by Gasteiger charge is -2.36. The fourth-order valence-corrected chi connectivity index (χ4v) is 3.97. The maximum Gasteiger partial charge on any atom is 0.416 e. The fraction of sp³-hybridized carbons (Fsp3) is 0.538. The van der Waals surface area contributed by atoms with Crippen LogP contribution in [0, 0.1) is 0 Å². The van der Waals surface area contributed by atoms with Crippen molar-refractivity contribution in [3.05, 3.63) is 35.4 Å². The molecule has 0 radical (unpaired) electrons. The van der Waals surface area contributed by atoms with E-state index < -0.39 is 22.5 Å². The third kappa shape index (κ3) is 3.57. The van der Waals surface area contributed by atoms with Gasteiger partial charge in [-0.05, 0) is 31.5 Å². The molecule has 1 aliphatic heterocycles. The highest BCUT2D eigenvalue weighted by atomic mass is 32.2. The number of halogens is 3. The molecule has 1 heterocycles. The van der Waals surface area contributed by atoms with Gasteiger partial charge in [0, 0.05) is 33.9 Å². The molecule has 2 atom stereocenters. The van der Waals surface area contributed by atoms with Gasteiger partial charge in [0.1, 0.15) is 0 Å². The summed E-state index contributed by atoms with van der Waals surface area (Å²) in [5.74, 6) is 0.868. The van der Waals surface area contributed by atoms with Gasteiger partial charge in [0.05, 0.1) is 5.56 Å². The molecule has 19 heavy (non-hydrogen) atoms. The van der Waals surface area contributed by atoms with E-state index in [1.54, 1.807) is 6.07 Å². The summed E-state index contributed by atoms with van der Waals surface area (Å²) < 4.78 is 49.8. The molecular formula is C13H16F3NOS. The van der Waals surface area contributed by atoms with Crippen molar-refractivity contribution >= 4 is 10.8 Å². The van der Waals surface area contributed by atoms with Crippen molar-refractivity contribution in [1.82, 2.24) is 5.32 Å². The highest BCUT2D eigenvalue weighted by Crippen LogP contribution is 2.32. The number of rotatable bonds is 1. The second-order valence-corrected chi connectivity index (χ2v) is 6.96. The summed E-state index contributed by atoms with van der Waals surface area (Å²) in [4.78, 5) is 0. The largest absolute Gasteiger partial charge is 0.416 e. The molecular weight excluding hydrogens is 275 g/mol. The summed E-state index contributed by atoms with van der Waals surface area (Å²) in [6.45, 7) is 3.81. The zero-order valence-corrected chi connectivity index (χ0v) is 11.6. The van der Waals surface area contributed by atoms with Gasteiger partial charge < -0.3 is 5.32 Å². The van der Waals surface area contributed by atoms with Gasteiger partial charge >= 0.3 is 6.18 Å². The zero-order chi connectivity index (χ0) is 14.3. The van der Waals surface area contributed by atoms with Gasteiger partial charge in [0.25, 0.3) is 0 Å². The van der Waals surface area contributed by atoms with Crippen LogP contribution >= 0.6 is 0 Å². The van der Waals surface area contributed by atoms with Crippen LogP contribution in [-0.2, 0) is 17.0 Å². The first-order valence-electron chi connectivity index (χ1n) is 5.97. The fourth-order valence-electron chi connectivity index (χ4n) is 2.31. The third-order valence-corrected chi connectivity index (χ3v) is 4.80. The molecule has 2 rings (SSSR count). The van der Waals surface area contributed by atoms with Crippen molar-refractivity contribution in [3.8, 4) is 0 Å². The molecule has 0 aromatic heterocycles. The van der Waals surface area contributed by atoms with Crippen LogP contribution in [0.1, 0.15) is 31.0 Å². The molecule has 1 aromatic rings. The molecule has 1 N–H and O–H groups in total. The lowest BCUT2D eigenvalue weighted by Crippen LogP contribution is -2.52. The van der Waals surface area contributed by atoms with E-state index in [9.17, 15) is 17.4 Å². The first kappa shape index (κ1) is 14.5. The summed E-state index contributed by atoms with van der Waals surface area (Å²) in [6, 6.07) is 4.92. The summed E-state index contributed by atoms with van der Waals surface area (Å²) in [5, 5.41) is 3.26. The smallest absolute Gasteiger partial charge is 0.303 e. The number of hydrogen-bond donors (Lipinski definition) is 1. The molecule has 2 unspecified atom stereocenters.